The number of rotatable bonds is 48. The van der Waals surface area contributed by atoms with E-state index in [2.05, 4.69) is 37.3 Å². The molecule has 0 rings (SSSR count). The van der Waals surface area contributed by atoms with Crippen LogP contribution in [0.3, 0.4) is 0 Å². The third-order valence-electron chi connectivity index (χ3n) is 11.7. The van der Waals surface area contributed by atoms with Crippen LogP contribution in [0.4, 0.5) is 0 Å². The summed E-state index contributed by atoms with van der Waals surface area (Å²) < 4.78 is 20.4. The maximum absolute atomic E-state index is 12.8. The van der Waals surface area contributed by atoms with E-state index in [-0.39, 0.29) is 18.0 Å². The monoisotopic (exact) mass is 841 g/mol. The second-order valence-electron chi connectivity index (χ2n) is 17.4. The normalized spacial score (nSPS) is 11.7. The van der Waals surface area contributed by atoms with Crippen LogP contribution in [0.25, 0.3) is 0 Å². The molecular weight excluding hydrogens is 741 g/mol. The summed E-state index contributed by atoms with van der Waals surface area (Å²) in [6.45, 7) is 14.9. The van der Waals surface area contributed by atoms with E-state index in [9.17, 15) is 9.59 Å². The molecule has 0 heterocycles. The molecule has 0 bridgehead atoms. The van der Waals surface area contributed by atoms with Gasteiger partial charge in [-0.05, 0) is 89.8 Å². The second kappa shape index (κ2) is 47.2. The van der Waals surface area contributed by atoms with Crippen molar-refractivity contribution in [2.75, 3.05) is 52.3 Å². The fourth-order valence-electron chi connectivity index (χ4n) is 7.89. The van der Waals surface area contributed by atoms with Gasteiger partial charge in [-0.1, -0.05) is 181 Å². The lowest BCUT2D eigenvalue weighted by atomic mass is 9.93. The smallest absolute Gasteiger partial charge is 0.306 e. The van der Waals surface area contributed by atoms with Gasteiger partial charge in [-0.15, -0.1) is 0 Å². The number of hydrogen-bond acceptors (Lipinski definition) is 8. The van der Waals surface area contributed by atoms with Gasteiger partial charge in [0, 0.05) is 32.2 Å². The van der Waals surface area contributed by atoms with Crippen LogP contribution in [0.15, 0.2) is 0 Å². The number of ether oxygens (including phenoxy) is 3. The van der Waals surface area contributed by atoms with Crippen molar-refractivity contribution in [3.8, 4) is 0 Å². The zero-order chi connectivity index (χ0) is 42.4. The summed E-state index contributed by atoms with van der Waals surface area (Å²) >= 11 is 1.76. The molecule has 0 fully saturated rings. The first-order chi connectivity index (χ1) is 28.5. The molecule has 0 radical (unpaired) electrons. The Balaban J connectivity index is 4.41. The van der Waals surface area contributed by atoms with E-state index in [1.807, 2.05) is 0 Å². The standard InChI is InChI=1S/C50H100N2O5S/c1-6-10-14-16-20-26-35-48(36-27-21-17-15-11-7-2)57-50(54)38-29-23-19-25-31-42-52(43-32-40-51-58-46-45-55-5)41-30-24-18-22-28-37-49(53)56-44-39-47(33-12-8-3)34-13-9-4/h47-48,51H,6-46H2,1-5H3. The van der Waals surface area contributed by atoms with Crippen molar-refractivity contribution in [1.82, 2.24) is 9.62 Å². The molecule has 58 heavy (non-hydrogen) atoms. The van der Waals surface area contributed by atoms with Gasteiger partial charge in [-0.3, -0.25) is 14.3 Å². The lowest BCUT2D eigenvalue weighted by Gasteiger charge is -2.22. The number of nitrogens with zero attached hydrogens (tertiary/aromatic N) is 1. The van der Waals surface area contributed by atoms with E-state index in [1.165, 1.54) is 154 Å². The maximum Gasteiger partial charge on any atom is 0.306 e. The van der Waals surface area contributed by atoms with Gasteiger partial charge in [0.2, 0.25) is 0 Å². The van der Waals surface area contributed by atoms with Crippen LogP contribution in [0.2, 0.25) is 0 Å². The van der Waals surface area contributed by atoms with Crippen molar-refractivity contribution < 1.29 is 23.8 Å². The Bertz CT molecular complexity index is 825. The quantitative estimate of drug-likeness (QED) is 0.0369. The number of carbonyl (C=O) groups is 2. The molecule has 0 saturated heterocycles. The zero-order valence-electron chi connectivity index (χ0n) is 39.5. The lowest BCUT2D eigenvalue weighted by Crippen LogP contribution is -2.29. The highest BCUT2D eigenvalue weighted by atomic mass is 32.2. The van der Waals surface area contributed by atoms with Crippen LogP contribution in [-0.2, 0) is 23.8 Å². The topological polar surface area (TPSA) is 77.1 Å². The predicted molar refractivity (Wildman–Crippen MR) is 253 cm³/mol. The average Bonchev–Trinajstić information content (AvgIpc) is 3.22. The van der Waals surface area contributed by atoms with Crippen LogP contribution in [0.5, 0.6) is 0 Å². The van der Waals surface area contributed by atoms with Gasteiger partial charge in [-0.2, -0.15) is 0 Å². The number of carbonyl (C=O) groups excluding carboxylic acids is 2. The van der Waals surface area contributed by atoms with Crippen LogP contribution in [0.1, 0.15) is 246 Å². The van der Waals surface area contributed by atoms with E-state index < -0.39 is 0 Å². The van der Waals surface area contributed by atoms with Crippen LogP contribution in [-0.4, -0.2) is 75.2 Å². The highest BCUT2D eigenvalue weighted by molar-refractivity contribution is 7.97. The Labute approximate surface area is 366 Å². The third-order valence-corrected chi connectivity index (χ3v) is 12.5. The van der Waals surface area contributed by atoms with Crippen LogP contribution < -0.4 is 4.72 Å². The Morgan fingerprint density at radius 1 is 0.500 bits per heavy atom. The van der Waals surface area contributed by atoms with Crippen molar-refractivity contribution >= 4 is 23.9 Å². The number of methoxy groups -OCH3 is 1. The van der Waals surface area contributed by atoms with Gasteiger partial charge in [0.15, 0.2) is 0 Å². The molecule has 0 atom stereocenters. The van der Waals surface area contributed by atoms with E-state index in [0.717, 1.165) is 89.9 Å². The number of hydrogen-bond donors (Lipinski definition) is 1. The number of esters is 2. The summed E-state index contributed by atoms with van der Waals surface area (Å²) in [5.74, 6) is 1.72. The first-order valence-electron chi connectivity index (χ1n) is 25.4. The molecule has 7 nitrogen and oxygen atoms in total. The molecule has 0 aromatic rings. The minimum Gasteiger partial charge on any atom is -0.466 e. The van der Waals surface area contributed by atoms with E-state index in [4.69, 9.17) is 14.2 Å². The van der Waals surface area contributed by atoms with E-state index in [1.54, 1.807) is 19.1 Å². The Morgan fingerprint density at radius 3 is 1.50 bits per heavy atom. The van der Waals surface area contributed by atoms with Gasteiger partial charge in [0.1, 0.15) is 6.10 Å². The minimum absolute atomic E-state index is 0.00363. The SMILES string of the molecule is CCCCCCCCC(CCCCCCCC)OC(=O)CCCCCCCN(CCCCCCCC(=O)OCCC(CCCC)CCCC)CCCNSCCOC. The molecule has 0 aromatic heterocycles. The molecule has 0 spiro atoms. The molecular formula is C50H100N2O5S. The summed E-state index contributed by atoms with van der Waals surface area (Å²) in [7, 11) is 1.76. The van der Waals surface area contributed by atoms with Crippen LogP contribution >= 0.6 is 11.9 Å². The summed E-state index contributed by atoms with van der Waals surface area (Å²) in [5.41, 5.74) is 0. The van der Waals surface area contributed by atoms with Crippen molar-refractivity contribution in [1.29, 1.82) is 0 Å². The largest absolute Gasteiger partial charge is 0.466 e. The first kappa shape index (κ1) is 57.2. The molecule has 0 aliphatic rings. The van der Waals surface area contributed by atoms with Gasteiger partial charge >= 0.3 is 11.9 Å². The zero-order valence-corrected chi connectivity index (χ0v) is 40.4. The van der Waals surface area contributed by atoms with Gasteiger partial charge < -0.3 is 19.1 Å². The Kier molecular flexibility index (Phi) is 46.5. The summed E-state index contributed by atoms with van der Waals surface area (Å²) in [5, 5.41) is 0. The molecule has 1 N–H and O–H groups in total. The Morgan fingerprint density at radius 2 is 0.966 bits per heavy atom. The second-order valence-corrected chi connectivity index (χ2v) is 18.3. The van der Waals surface area contributed by atoms with Crippen molar-refractivity contribution in [2.45, 2.75) is 252 Å². The van der Waals surface area contributed by atoms with Gasteiger partial charge in [-0.25, -0.2) is 0 Å². The fourth-order valence-corrected chi connectivity index (χ4v) is 8.57. The molecule has 0 aliphatic heterocycles. The van der Waals surface area contributed by atoms with Crippen molar-refractivity contribution in [3.63, 3.8) is 0 Å². The predicted octanol–water partition coefficient (Wildman–Crippen LogP) is 14.6. The number of unbranched alkanes of at least 4 members (excludes halogenated alkanes) is 20. The average molecular weight is 841 g/mol. The molecule has 346 valence electrons. The highest BCUT2D eigenvalue weighted by Crippen LogP contribution is 2.21. The van der Waals surface area contributed by atoms with Gasteiger partial charge in [0.05, 0.1) is 13.2 Å². The molecule has 0 aromatic carbocycles. The molecule has 0 aliphatic carbocycles. The fraction of sp³-hybridized carbons (Fsp3) is 0.960. The first-order valence-corrected chi connectivity index (χ1v) is 26.4. The number of nitrogens with one attached hydrogen (secondary N) is 1. The highest BCUT2D eigenvalue weighted by Gasteiger charge is 2.15. The minimum atomic E-state index is -0.00363. The van der Waals surface area contributed by atoms with Crippen LogP contribution in [0, 0.1) is 5.92 Å². The van der Waals surface area contributed by atoms with E-state index in [0.29, 0.717) is 25.4 Å². The molecule has 0 amide bonds. The summed E-state index contributed by atoms with van der Waals surface area (Å²) in [6, 6.07) is 0. The Hall–Kier alpha value is -0.830. The summed E-state index contributed by atoms with van der Waals surface area (Å²) in [6.07, 6.45) is 40.0. The lowest BCUT2D eigenvalue weighted by molar-refractivity contribution is -0.150. The van der Waals surface area contributed by atoms with Crippen molar-refractivity contribution in [3.05, 3.63) is 0 Å². The summed E-state index contributed by atoms with van der Waals surface area (Å²) in [4.78, 5) is 27.9. The van der Waals surface area contributed by atoms with E-state index >= 15 is 0 Å². The molecule has 0 unspecified atom stereocenters. The maximum atomic E-state index is 12.8. The molecule has 0 saturated carbocycles. The van der Waals surface area contributed by atoms with Crippen molar-refractivity contribution in [2.24, 2.45) is 5.92 Å². The molecule has 8 heteroatoms. The van der Waals surface area contributed by atoms with Gasteiger partial charge in [0.25, 0.3) is 0 Å². The third kappa shape index (κ3) is 41.9.